The molecule has 18 heavy (non-hydrogen) atoms. The van der Waals surface area contributed by atoms with E-state index in [1.807, 2.05) is 0 Å². The van der Waals surface area contributed by atoms with Crippen molar-refractivity contribution < 1.29 is 0 Å². The van der Waals surface area contributed by atoms with Crippen LogP contribution in [-0.2, 0) is 0 Å². The van der Waals surface area contributed by atoms with E-state index in [1.165, 1.54) is 77.5 Å². The molecule has 0 aromatic rings. The fourth-order valence-corrected chi connectivity index (χ4v) is 4.48. The summed E-state index contributed by atoms with van der Waals surface area (Å²) in [4.78, 5) is 5.62. The Morgan fingerprint density at radius 3 is 2.56 bits per heavy atom. The second-order valence-electron chi connectivity index (χ2n) is 6.78. The highest BCUT2D eigenvalue weighted by Gasteiger charge is 2.33. The molecule has 1 aliphatic carbocycles. The van der Waals surface area contributed by atoms with E-state index in [0.717, 1.165) is 18.0 Å². The molecule has 3 aliphatic rings. The highest BCUT2D eigenvalue weighted by Crippen LogP contribution is 2.32. The average Bonchev–Trinajstić information content (AvgIpc) is 2.47. The van der Waals surface area contributed by atoms with E-state index in [4.69, 9.17) is 0 Å². The van der Waals surface area contributed by atoms with Crippen LogP contribution in [-0.4, -0.2) is 48.1 Å². The molecule has 0 spiro atoms. The molecule has 0 radical (unpaired) electrons. The summed E-state index contributed by atoms with van der Waals surface area (Å²) in [6.45, 7) is 7.82. The van der Waals surface area contributed by atoms with E-state index >= 15 is 0 Å². The van der Waals surface area contributed by atoms with Gasteiger partial charge in [0, 0.05) is 31.7 Å². The van der Waals surface area contributed by atoms with Gasteiger partial charge in [0.1, 0.15) is 0 Å². The molecule has 2 aliphatic heterocycles. The lowest BCUT2D eigenvalue weighted by Crippen LogP contribution is -2.57. The van der Waals surface area contributed by atoms with Crippen molar-refractivity contribution in [1.29, 1.82) is 0 Å². The quantitative estimate of drug-likeness (QED) is 0.743. The van der Waals surface area contributed by atoms with Crippen LogP contribution in [0.5, 0.6) is 0 Å². The van der Waals surface area contributed by atoms with E-state index in [9.17, 15) is 0 Å². The average molecular weight is 250 g/mol. The molecule has 3 fully saturated rings. The Morgan fingerprint density at radius 1 is 0.833 bits per heavy atom. The van der Waals surface area contributed by atoms with Crippen LogP contribution in [0.2, 0.25) is 0 Å². The van der Waals surface area contributed by atoms with Crippen LogP contribution in [0.4, 0.5) is 0 Å². The summed E-state index contributed by atoms with van der Waals surface area (Å²) < 4.78 is 0. The summed E-state index contributed by atoms with van der Waals surface area (Å²) >= 11 is 0. The van der Waals surface area contributed by atoms with E-state index in [2.05, 4.69) is 16.7 Å². The van der Waals surface area contributed by atoms with Crippen LogP contribution >= 0.6 is 0 Å². The standard InChI is InChI=1S/C16H30N2/c1-2-14-6-5-8-15(12-14)18-11-10-17-9-4-3-7-16(17)13-18/h14-16H,2-13H2,1H3. The second kappa shape index (κ2) is 5.92. The topological polar surface area (TPSA) is 6.48 Å². The van der Waals surface area contributed by atoms with Crippen LogP contribution in [0, 0.1) is 5.92 Å². The fraction of sp³-hybridized carbons (Fsp3) is 1.00. The van der Waals surface area contributed by atoms with Gasteiger partial charge in [0.2, 0.25) is 0 Å². The summed E-state index contributed by atoms with van der Waals surface area (Å²) in [5, 5.41) is 0. The van der Waals surface area contributed by atoms with Crippen LogP contribution in [0.3, 0.4) is 0 Å². The maximum absolute atomic E-state index is 2.86. The van der Waals surface area contributed by atoms with Crippen molar-refractivity contribution in [2.24, 2.45) is 5.92 Å². The molecule has 0 aromatic heterocycles. The molecule has 0 N–H and O–H groups in total. The minimum atomic E-state index is 0.898. The second-order valence-corrected chi connectivity index (χ2v) is 6.78. The molecule has 2 saturated heterocycles. The molecule has 0 bridgehead atoms. The number of fused-ring (bicyclic) bond motifs is 1. The Morgan fingerprint density at radius 2 is 1.67 bits per heavy atom. The van der Waals surface area contributed by atoms with Gasteiger partial charge < -0.3 is 0 Å². The number of hydrogen-bond donors (Lipinski definition) is 0. The molecular weight excluding hydrogens is 220 g/mol. The molecule has 0 amide bonds. The number of piperidine rings is 1. The minimum Gasteiger partial charge on any atom is -0.298 e. The Labute approximate surface area is 113 Å². The van der Waals surface area contributed by atoms with Crippen molar-refractivity contribution in [3.8, 4) is 0 Å². The number of hydrogen-bond acceptors (Lipinski definition) is 2. The van der Waals surface area contributed by atoms with Crippen molar-refractivity contribution in [3.63, 3.8) is 0 Å². The van der Waals surface area contributed by atoms with Crippen LogP contribution in [0.25, 0.3) is 0 Å². The lowest BCUT2D eigenvalue weighted by molar-refractivity contribution is 0.0121. The minimum absolute atomic E-state index is 0.898. The lowest BCUT2D eigenvalue weighted by Gasteiger charge is -2.48. The van der Waals surface area contributed by atoms with E-state index < -0.39 is 0 Å². The summed E-state index contributed by atoms with van der Waals surface area (Å²) in [6.07, 6.45) is 11.7. The van der Waals surface area contributed by atoms with Gasteiger partial charge in [0.05, 0.1) is 0 Å². The SMILES string of the molecule is CCC1CCCC(N2CCN3CCCCC3C2)C1. The Balaban J connectivity index is 1.56. The van der Waals surface area contributed by atoms with Crippen LogP contribution in [0.15, 0.2) is 0 Å². The maximum Gasteiger partial charge on any atom is 0.0223 e. The number of nitrogens with zero attached hydrogens (tertiary/aromatic N) is 2. The molecule has 3 unspecified atom stereocenters. The monoisotopic (exact) mass is 250 g/mol. The number of piperazine rings is 1. The Bertz CT molecular complexity index is 266. The van der Waals surface area contributed by atoms with Gasteiger partial charge in [-0.2, -0.15) is 0 Å². The first-order valence-corrected chi connectivity index (χ1v) is 8.35. The number of rotatable bonds is 2. The van der Waals surface area contributed by atoms with Gasteiger partial charge in [-0.1, -0.05) is 32.6 Å². The molecule has 2 nitrogen and oxygen atoms in total. The summed E-state index contributed by atoms with van der Waals surface area (Å²) in [7, 11) is 0. The van der Waals surface area contributed by atoms with Gasteiger partial charge in [-0.05, 0) is 38.1 Å². The van der Waals surface area contributed by atoms with Crippen molar-refractivity contribution in [3.05, 3.63) is 0 Å². The molecule has 3 rings (SSSR count). The van der Waals surface area contributed by atoms with Gasteiger partial charge in [-0.15, -0.1) is 0 Å². The largest absolute Gasteiger partial charge is 0.298 e. The Kier molecular flexibility index (Phi) is 4.25. The normalized spacial score (nSPS) is 39.5. The highest BCUT2D eigenvalue weighted by atomic mass is 15.3. The zero-order valence-electron chi connectivity index (χ0n) is 12.1. The molecule has 2 heteroatoms. The van der Waals surface area contributed by atoms with Gasteiger partial charge in [0.25, 0.3) is 0 Å². The van der Waals surface area contributed by atoms with Gasteiger partial charge in [0.15, 0.2) is 0 Å². The van der Waals surface area contributed by atoms with Gasteiger partial charge in [-0.3, -0.25) is 9.80 Å². The van der Waals surface area contributed by atoms with Crippen LogP contribution in [0.1, 0.15) is 58.3 Å². The molecule has 2 heterocycles. The first kappa shape index (κ1) is 12.9. The summed E-state index contributed by atoms with van der Waals surface area (Å²) in [5.41, 5.74) is 0. The van der Waals surface area contributed by atoms with Crippen LogP contribution < -0.4 is 0 Å². The van der Waals surface area contributed by atoms with E-state index in [0.29, 0.717) is 0 Å². The summed E-state index contributed by atoms with van der Waals surface area (Å²) in [5.74, 6) is 1.02. The van der Waals surface area contributed by atoms with Gasteiger partial charge in [-0.25, -0.2) is 0 Å². The first-order valence-electron chi connectivity index (χ1n) is 8.35. The first-order chi connectivity index (χ1) is 8.86. The zero-order chi connectivity index (χ0) is 12.4. The molecule has 104 valence electrons. The van der Waals surface area contributed by atoms with Crippen molar-refractivity contribution >= 4 is 0 Å². The van der Waals surface area contributed by atoms with Crippen molar-refractivity contribution in [2.75, 3.05) is 26.2 Å². The molecule has 3 atom stereocenters. The van der Waals surface area contributed by atoms with E-state index in [1.54, 1.807) is 0 Å². The maximum atomic E-state index is 2.86. The highest BCUT2D eigenvalue weighted by molar-refractivity contribution is 4.89. The third-order valence-electron chi connectivity index (χ3n) is 5.72. The van der Waals surface area contributed by atoms with Crippen molar-refractivity contribution in [1.82, 2.24) is 9.80 Å². The fourth-order valence-electron chi connectivity index (χ4n) is 4.48. The van der Waals surface area contributed by atoms with Crippen molar-refractivity contribution in [2.45, 2.75) is 70.4 Å². The Hall–Kier alpha value is -0.0800. The predicted molar refractivity (Wildman–Crippen MR) is 76.8 cm³/mol. The zero-order valence-corrected chi connectivity index (χ0v) is 12.1. The predicted octanol–water partition coefficient (Wildman–Crippen LogP) is 3.13. The summed E-state index contributed by atoms with van der Waals surface area (Å²) in [6, 6.07) is 1.82. The third kappa shape index (κ3) is 2.75. The smallest absolute Gasteiger partial charge is 0.0223 e. The van der Waals surface area contributed by atoms with Gasteiger partial charge >= 0.3 is 0 Å². The molecular formula is C16H30N2. The molecule has 1 saturated carbocycles. The molecule has 0 aromatic carbocycles. The van der Waals surface area contributed by atoms with E-state index in [-0.39, 0.29) is 0 Å². The lowest BCUT2D eigenvalue weighted by atomic mass is 9.83. The third-order valence-corrected chi connectivity index (χ3v) is 5.72.